The van der Waals surface area contributed by atoms with Crippen LogP contribution in [0.5, 0.6) is 0 Å². The van der Waals surface area contributed by atoms with Gasteiger partial charge in [-0.25, -0.2) is 0 Å². The molecule has 2 nitrogen and oxygen atoms in total. The van der Waals surface area contributed by atoms with Crippen molar-refractivity contribution in [3.63, 3.8) is 0 Å². The molecule has 0 aromatic rings. The number of hydrogen-bond acceptors (Lipinski definition) is 2. The van der Waals surface area contributed by atoms with Crippen LogP contribution in [0.3, 0.4) is 0 Å². The van der Waals surface area contributed by atoms with Crippen LogP contribution in [0, 0.1) is 5.92 Å². The molecule has 72 valence electrons. The fourth-order valence-electron chi connectivity index (χ4n) is 1.73. The third-order valence-electron chi connectivity index (χ3n) is 2.59. The molecule has 2 heteroatoms. The van der Waals surface area contributed by atoms with Crippen LogP contribution in [0.25, 0.3) is 0 Å². The van der Waals surface area contributed by atoms with Crippen molar-refractivity contribution in [2.24, 2.45) is 5.92 Å². The van der Waals surface area contributed by atoms with Gasteiger partial charge < -0.3 is 4.74 Å². The maximum atomic E-state index is 5.14. The molecule has 0 amide bonds. The summed E-state index contributed by atoms with van der Waals surface area (Å²) in [6.07, 6.45) is 1.39. The number of ether oxygens (including phenoxy) is 1. The van der Waals surface area contributed by atoms with E-state index in [1.54, 1.807) is 0 Å². The molecule has 2 heterocycles. The molecule has 0 spiro atoms. The highest BCUT2D eigenvalue weighted by atomic mass is 16.5. The van der Waals surface area contributed by atoms with Crippen molar-refractivity contribution in [1.29, 1.82) is 0 Å². The fraction of sp³-hybridized carbons (Fsp3) is 1.00. The van der Waals surface area contributed by atoms with Crippen molar-refractivity contribution in [3.8, 4) is 0 Å². The molecule has 2 rings (SSSR count). The van der Waals surface area contributed by atoms with E-state index in [0.717, 1.165) is 25.2 Å². The van der Waals surface area contributed by atoms with Crippen molar-refractivity contribution >= 4 is 0 Å². The van der Waals surface area contributed by atoms with Gasteiger partial charge in [-0.2, -0.15) is 0 Å². The van der Waals surface area contributed by atoms with E-state index in [9.17, 15) is 0 Å². The summed E-state index contributed by atoms with van der Waals surface area (Å²) in [6.45, 7) is 10.9. The summed E-state index contributed by atoms with van der Waals surface area (Å²) < 4.78 is 5.14. The van der Waals surface area contributed by atoms with E-state index in [1.807, 2.05) is 13.8 Å². The largest absolute Gasteiger partial charge is 0.378 e. The summed E-state index contributed by atoms with van der Waals surface area (Å²) in [5.74, 6) is 0.917. The zero-order valence-electron chi connectivity index (χ0n) is 8.55. The van der Waals surface area contributed by atoms with Crippen LogP contribution in [0.1, 0.15) is 27.2 Å². The highest BCUT2D eigenvalue weighted by Crippen LogP contribution is 2.20. The number of nitrogens with zero attached hydrogens (tertiary/aromatic N) is 1. The average Bonchev–Trinajstić information content (AvgIpc) is 2.37. The Morgan fingerprint density at radius 2 is 1.92 bits per heavy atom. The normalized spacial score (nSPS) is 30.8. The molecule has 2 aliphatic heterocycles. The molecule has 0 aliphatic carbocycles. The minimum absolute atomic E-state index is 0.768. The van der Waals surface area contributed by atoms with E-state index in [-0.39, 0.29) is 0 Å². The minimum atomic E-state index is 0.768. The highest BCUT2D eigenvalue weighted by Gasteiger charge is 2.30. The molecule has 12 heavy (non-hydrogen) atoms. The van der Waals surface area contributed by atoms with Crippen LogP contribution in [-0.2, 0) is 4.74 Å². The third-order valence-corrected chi connectivity index (χ3v) is 2.59. The van der Waals surface area contributed by atoms with Gasteiger partial charge in [-0.05, 0) is 18.9 Å². The predicted octanol–water partition coefficient (Wildman–Crippen LogP) is 1.75. The first-order valence-corrected chi connectivity index (χ1v) is 5.18. The molecule has 0 saturated carbocycles. The van der Waals surface area contributed by atoms with Crippen molar-refractivity contribution in [1.82, 2.24) is 4.90 Å². The second kappa shape index (κ2) is 4.83. The first kappa shape index (κ1) is 10.0. The van der Waals surface area contributed by atoms with E-state index in [1.165, 1.54) is 19.5 Å². The molecule has 0 bridgehead atoms. The summed E-state index contributed by atoms with van der Waals surface area (Å²) in [4.78, 5) is 2.56. The smallest absolute Gasteiger partial charge is 0.0645 e. The van der Waals surface area contributed by atoms with Crippen LogP contribution < -0.4 is 0 Å². The molecule has 2 aliphatic rings. The minimum Gasteiger partial charge on any atom is -0.378 e. The van der Waals surface area contributed by atoms with Crippen LogP contribution in [0.4, 0.5) is 0 Å². The Kier molecular flexibility index (Phi) is 4.02. The van der Waals surface area contributed by atoms with Gasteiger partial charge in [0.1, 0.15) is 0 Å². The lowest BCUT2D eigenvalue weighted by molar-refractivity contribution is -0.0578. The zero-order valence-corrected chi connectivity index (χ0v) is 8.55. The first-order valence-electron chi connectivity index (χ1n) is 5.18. The lowest BCUT2D eigenvalue weighted by Gasteiger charge is -2.34. The quantitative estimate of drug-likeness (QED) is 0.596. The van der Waals surface area contributed by atoms with E-state index in [0.29, 0.717) is 0 Å². The Morgan fingerprint density at radius 1 is 1.25 bits per heavy atom. The Hall–Kier alpha value is -0.0800. The lowest BCUT2D eigenvalue weighted by Crippen LogP contribution is -2.47. The Labute approximate surface area is 75.9 Å². The first-order chi connectivity index (χ1) is 5.86. The Morgan fingerprint density at radius 3 is 2.25 bits per heavy atom. The van der Waals surface area contributed by atoms with E-state index in [2.05, 4.69) is 11.8 Å². The molecule has 1 atom stereocenters. The van der Waals surface area contributed by atoms with Gasteiger partial charge in [-0.15, -0.1) is 0 Å². The summed E-state index contributed by atoms with van der Waals surface area (Å²) >= 11 is 0. The Bertz CT molecular complexity index is 123. The summed E-state index contributed by atoms with van der Waals surface area (Å²) in [5.41, 5.74) is 0. The van der Waals surface area contributed by atoms with Crippen molar-refractivity contribution in [2.45, 2.75) is 33.2 Å². The lowest BCUT2D eigenvalue weighted by atomic mass is 10.2. The van der Waals surface area contributed by atoms with Gasteiger partial charge in [0.05, 0.1) is 19.3 Å². The summed E-state index contributed by atoms with van der Waals surface area (Å²) in [7, 11) is 0. The maximum Gasteiger partial charge on any atom is 0.0645 e. The molecular weight excluding hydrogens is 150 g/mol. The Balaban J connectivity index is 0.000000336. The monoisotopic (exact) mass is 171 g/mol. The van der Waals surface area contributed by atoms with Crippen LogP contribution >= 0.6 is 0 Å². The topological polar surface area (TPSA) is 12.5 Å². The number of likely N-dealkylation sites (tertiary alicyclic amines) is 1. The van der Waals surface area contributed by atoms with Gasteiger partial charge in [0.15, 0.2) is 0 Å². The summed E-state index contributed by atoms with van der Waals surface area (Å²) in [5, 5.41) is 0. The highest BCUT2D eigenvalue weighted by molar-refractivity contribution is 4.83. The van der Waals surface area contributed by atoms with Crippen molar-refractivity contribution < 1.29 is 4.74 Å². The molecule has 1 unspecified atom stereocenters. The van der Waals surface area contributed by atoms with Crippen molar-refractivity contribution in [2.75, 3.05) is 26.3 Å². The van der Waals surface area contributed by atoms with Gasteiger partial charge in [0.25, 0.3) is 0 Å². The van der Waals surface area contributed by atoms with Gasteiger partial charge in [0, 0.05) is 6.54 Å². The molecular formula is C10H21NO. The van der Waals surface area contributed by atoms with Gasteiger partial charge in [0.2, 0.25) is 0 Å². The SMILES string of the molecule is CC.CC1CCN(C2COC2)C1. The average molecular weight is 171 g/mol. The standard InChI is InChI=1S/C8H15NO.C2H6/c1-7-2-3-9(4-7)8-5-10-6-8;1-2/h7-8H,2-6H2,1H3;1-2H3. The molecule has 2 saturated heterocycles. The third kappa shape index (κ3) is 2.20. The molecule has 0 radical (unpaired) electrons. The molecule has 0 N–H and O–H groups in total. The summed E-state index contributed by atoms with van der Waals surface area (Å²) in [6, 6.07) is 0.768. The van der Waals surface area contributed by atoms with E-state index < -0.39 is 0 Å². The molecule has 0 aromatic carbocycles. The predicted molar refractivity (Wildman–Crippen MR) is 51.3 cm³/mol. The number of hydrogen-bond donors (Lipinski definition) is 0. The van der Waals surface area contributed by atoms with E-state index >= 15 is 0 Å². The van der Waals surface area contributed by atoms with Crippen LogP contribution in [0.15, 0.2) is 0 Å². The van der Waals surface area contributed by atoms with Crippen LogP contribution in [0.2, 0.25) is 0 Å². The van der Waals surface area contributed by atoms with Gasteiger partial charge in [-0.3, -0.25) is 4.90 Å². The molecule has 2 fully saturated rings. The molecule has 0 aromatic heterocycles. The second-order valence-electron chi connectivity index (χ2n) is 3.58. The van der Waals surface area contributed by atoms with E-state index in [4.69, 9.17) is 4.74 Å². The zero-order chi connectivity index (χ0) is 8.97. The van der Waals surface area contributed by atoms with Crippen LogP contribution in [-0.4, -0.2) is 37.2 Å². The second-order valence-corrected chi connectivity index (χ2v) is 3.58. The van der Waals surface area contributed by atoms with Gasteiger partial charge >= 0.3 is 0 Å². The maximum absolute atomic E-state index is 5.14. The number of rotatable bonds is 1. The van der Waals surface area contributed by atoms with Gasteiger partial charge in [-0.1, -0.05) is 20.8 Å². The fourth-order valence-corrected chi connectivity index (χ4v) is 1.73. The van der Waals surface area contributed by atoms with Crippen molar-refractivity contribution in [3.05, 3.63) is 0 Å².